The van der Waals surface area contributed by atoms with Crippen molar-refractivity contribution in [2.75, 3.05) is 13.2 Å². The molecule has 2 N–H and O–H groups in total. The Morgan fingerprint density at radius 3 is 2.69 bits per heavy atom. The van der Waals surface area contributed by atoms with E-state index in [2.05, 4.69) is 0 Å². The van der Waals surface area contributed by atoms with Gasteiger partial charge in [0, 0.05) is 5.56 Å². The van der Waals surface area contributed by atoms with Crippen LogP contribution in [-0.4, -0.2) is 35.1 Å². The van der Waals surface area contributed by atoms with Crippen LogP contribution in [0.25, 0.3) is 0 Å². The Balaban J connectivity index is 2.11. The lowest BCUT2D eigenvalue weighted by molar-refractivity contribution is -0.294. The summed E-state index contributed by atoms with van der Waals surface area (Å²) < 4.78 is 10.9. The third-order valence-electron chi connectivity index (χ3n) is 2.75. The molecule has 0 spiro atoms. The zero-order valence-corrected chi connectivity index (χ0v) is 9.17. The van der Waals surface area contributed by atoms with E-state index in [-0.39, 0.29) is 13.2 Å². The van der Waals surface area contributed by atoms with Crippen LogP contribution < -0.4 is 0 Å². The highest BCUT2D eigenvalue weighted by atomic mass is 16.7. The van der Waals surface area contributed by atoms with Crippen LogP contribution in [-0.2, 0) is 9.47 Å². The molecule has 0 amide bonds. The number of hydrogen-bond donors (Lipinski definition) is 2. The molecule has 2 rings (SSSR count). The average molecular weight is 224 g/mol. The largest absolute Gasteiger partial charge is 0.394 e. The summed E-state index contributed by atoms with van der Waals surface area (Å²) in [7, 11) is 0. The molecule has 0 bridgehead atoms. The van der Waals surface area contributed by atoms with Crippen molar-refractivity contribution in [2.24, 2.45) is 0 Å². The topological polar surface area (TPSA) is 58.9 Å². The fourth-order valence-electron chi connectivity index (χ4n) is 1.70. The van der Waals surface area contributed by atoms with E-state index in [1.807, 2.05) is 30.3 Å². The van der Waals surface area contributed by atoms with Crippen LogP contribution in [0, 0.1) is 0 Å². The van der Waals surface area contributed by atoms with E-state index in [1.165, 1.54) is 0 Å². The molecule has 0 aromatic heterocycles. The molecule has 0 aliphatic carbocycles. The minimum absolute atomic E-state index is 0.151. The highest BCUT2D eigenvalue weighted by Gasteiger charge is 2.40. The van der Waals surface area contributed by atoms with E-state index in [1.54, 1.807) is 6.92 Å². The number of ether oxygens (including phenoxy) is 2. The van der Waals surface area contributed by atoms with Gasteiger partial charge in [-0.15, -0.1) is 0 Å². The molecule has 4 nitrogen and oxygen atoms in total. The number of rotatable bonds is 2. The van der Waals surface area contributed by atoms with Crippen molar-refractivity contribution in [1.29, 1.82) is 0 Å². The second-order valence-electron chi connectivity index (χ2n) is 4.22. The van der Waals surface area contributed by atoms with Gasteiger partial charge in [-0.05, 0) is 6.92 Å². The molecule has 1 saturated heterocycles. The Kier molecular flexibility index (Phi) is 3.25. The second kappa shape index (κ2) is 4.51. The van der Waals surface area contributed by atoms with Crippen molar-refractivity contribution in [2.45, 2.75) is 24.9 Å². The number of benzene rings is 1. The number of aliphatic hydroxyl groups excluding tert-OH is 1. The maximum absolute atomic E-state index is 9.89. The van der Waals surface area contributed by atoms with Crippen LogP contribution in [0.4, 0.5) is 0 Å². The molecular formula is C12H16O4. The smallest absolute Gasteiger partial charge is 0.184 e. The van der Waals surface area contributed by atoms with Gasteiger partial charge in [-0.1, -0.05) is 30.3 Å². The van der Waals surface area contributed by atoms with E-state index in [9.17, 15) is 5.11 Å². The first-order valence-electron chi connectivity index (χ1n) is 5.29. The third-order valence-corrected chi connectivity index (χ3v) is 2.75. The molecule has 1 aromatic rings. The molecule has 4 heteroatoms. The lowest BCUT2D eigenvalue weighted by Gasteiger charge is -2.39. The Morgan fingerprint density at radius 2 is 2.06 bits per heavy atom. The number of aliphatic hydroxyl groups is 2. The van der Waals surface area contributed by atoms with Gasteiger partial charge in [-0.3, -0.25) is 0 Å². The van der Waals surface area contributed by atoms with Gasteiger partial charge in [-0.2, -0.15) is 0 Å². The maximum Gasteiger partial charge on any atom is 0.184 e. The Bertz CT molecular complexity index is 336. The van der Waals surface area contributed by atoms with Crippen molar-refractivity contribution in [1.82, 2.24) is 0 Å². The van der Waals surface area contributed by atoms with Gasteiger partial charge in [-0.25, -0.2) is 0 Å². The highest BCUT2D eigenvalue weighted by molar-refractivity contribution is 5.16. The lowest BCUT2D eigenvalue weighted by atomic mass is 9.99. The minimum atomic E-state index is -1.14. The molecule has 1 aliphatic rings. The molecule has 88 valence electrons. The number of hydrogen-bond acceptors (Lipinski definition) is 4. The van der Waals surface area contributed by atoms with Gasteiger partial charge in [0.25, 0.3) is 0 Å². The van der Waals surface area contributed by atoms with Crippen molar-refractivity contribution in [3.63, 3.8) is 0 Å². The zero-order valence-electron chi connectivity index (χ0n) is 9.17. The van der Waals surface area contributed by atoms with Crippen LogP contribution in [0.5, 0.6) is 0 Å². The van der Waals surface area contributed by atoms with E-state index >= 15 is 0 Å². The molecule has 1 aliphatic heterocycles. The fourth-order valence-corrected chi connectivity index (χ4v) is 1.70. The summed E-state index contributed by atoms with van der Waals surface area (Å²) in [6.45, 7) is 1.52. The molecule has 16 heavy (non-hydrogen) atoms. The van der Waals surface area contributed by atoms with E-state index in [4.69, 9.17) is 14.6 Å². The summed E-state index contributed by atoms with van der Waals surface area (Å²) in [5, 5.41) is 19.0. The molecular weight excluding hydrogens is 208 g/mol. The fraction of sp³-hybridized carbons (Fsp3) is 0.500. The van der Waals surface area contributed by atoms with Gasteiger partial charge >= 0.3 is 0 Å². The molecule has 1 aromatic carbocycles. The highest BCUT2D eigenvalue weighted by Crippen LogP contribution is 2.30. The predicted molar refractivity (Wildman–Crippen MR) is 57.7 cm³/mol. The van der Waals surface area contributed by atoms with Crippen LogP contribution in [0.1, 0.15) is 18.8 Å². The van der Waals surface area contributed by atoms with Gasteiger partial charge in [0.05, 0.1) is 13.2 Å². The predicted octanol–water partition coefficient (Wildman–Crippen LogP) is 0.844. The van der Waals surface area contributed by atoms with Crippen LogP contribution in [0.2, 0.25) is 0 Å². The molecule has 3 atom stereocenters. The first-order chi connectivity index (χ1) is 7.63. The first kappa shape index (κ1) is 11.5. The monoisotopic (exact) mass is 224 g/mol. The minimum Gasteiger partial charge on any atom is -0.394 e. The molecule has 1 fully saturated rings. The van der Waals surface area contributed by atoms with Gasteiger partial charge in [0.2, 0.25) is 0 Å². The van der Waals surface area contributed by atoms with Crippen LogP contribution in [0.3, 0.4) is 0 Å². The normalized spacial score (nSPS) is 34.9. The van der Waals surface area contributed by atoms with Crippen molar-refractivity contribution in [3.8, 4) is 0 Å². The summed E-state index contributed by atoms with van der Waals surface area (Å²) in [6.07, 6.45) is -1.13. The SMILES string of the molecule is C[C@@]1(O)COC(c2ccccc2)O[C@@H]1CO. The maximum atomic E-state index is 9.89. The standard InChI is InChI=1S/C12H16O4/c1-12(14)8-15-11(16-10(12)7-13)9-5-3-2-4-6-9/h2-6,10-11,13-14H,7-8H2,1H3/t10-,11?,12-/m1/s1. The Hall–Kier alpha value is -0.940. The van der Waals surface area contributed by atoms with Crippen LogP contribution >= 0.6 is 0 Å². The van der Waals surface area contributed by atoms with Crippen molar-refractivity contribution < 1.29 is 19.7 Å². The van der Waals surface area contributed by atoms with Crippen molar-refractivity contribution >= 4 is 0 Å². The first-order valence-corrected chi connectivity index (χ1v) is 5.29. The summed E-state index contributed by atoms with van der Waals surface area (Å²) in [6, 6.07) is 9.47. The van der Waals surface area contributed by atoms with Gasteiger partial charge in [0.15, 0.2) is 6.29 Å². The van der Waals surface area contributed by atoms with Crippen LogP contribution in [0.15, 0.2) is 30.3 Å². The van der Waals surface area contributed by atoms with Gasteiger partial charge < -0.3 is 19.7 Å². The lowest BCUT2D eigenvalue weighted by Crippen LogP contribution is -2.52. The Morgan fingerprint density at radius 1 is 1.38 bits per heavy atom. The van der Waals surface area contributed by atoms with E-state index in [0.29, 0.717) is 0 Å². The third kappa shape index (κ3) is 2.25. The molecule has 0 radical (unpaired) electrons. The average Bonchev–Trinajstić information content (AvgIpc) is 2.30. The Labute approximate surface area is 94.4 Å². The summed E-state index contributed by atoms with van der Waals surface area (Å²) in [4.78, 5) is 0. The summed E-state index contributed by atoms with van der Waals surface area (Å²) >= 11 is 0. The summed E-state index contributed by atoms with van der Waals surface area (Å²) in [5.41, 5.74) is -0.253. The zero-order chi connectivity index (χ0) is 11.6. The van der Waals surface area contributed by atoms with Gasteiger partial charge in [0.1, 0.15) is 11.7 Å². The second-order valence-corrected chi connectivity index (χ2v) is 4.22. The van der Waals surface area contributed by atoms with E-state index < -0.39 is 18.0 Å². The van der Waals surface area contributed by atoms with E-state index in [0.717, 1.165) is 5.56 Å². The molecule has 1 unspecified atom stereocenters. The summed E-state index contributed by atoms with van der Waals surface area (Å²) in [5.74, 6) is 0. The van der Waals surface area contributed by atoms with Crippen molar-refractivity contribution in [3.05, 3.63) is 35.9 Å². The molecule has 0 saturated carbocycles. The molecule has 1 heterocycles. The quantitative estimate of drug-likeness (QED) is 0.781.